The summed E-state index contributed by atoms with van der Waals surface area (Å²) < 4.78 is 0. The Balaban J connectivity index is 1.36. The van der Waals surface area contributed by atoms with Crippen molar-refractivity contribution in [3.05, 3.63) is 75.9 Å². The molecule has 12 nitrogen and oxygen atoms in total. The third-order valence-electron chi connectivity index (χ3n) is 8.95. The van der Waals surface area contributed by atoms with Crippen LogP contribution >= 0.6 is 0 Å². The Bertz CT molecular complexity index is 1460. The Kier molecular flexibility index (Phi) is 9.42. The Hall–Kier alpha value is -4.13. The molecule has 2 fully saturated rings. The summed E-state index contributed by atoms with van der Waals surface area (Å²) in [7, 11) is 0. The number of aliphatic hydroxyl groups is 2. The third-order valence-corrected chi connectivity index (χ3v) is 8.95. The molecule has 12 heteroatoms. The van der Waals surface area contributed by atoms with Crippen molar-refractivity contribution in [1.29, 1.82) is 0 Å². The maximum Gasteiger partial charge on any atom is 0.269 e. The third kappa shape index (κ3) is 6.23. The lowest BCUT2D eigenvalue weighted by Crippen LogP contribution is -2.44. The fraction of sp³-hybridized carbons (Fsp3) is 0.469. The number of likely N-dealkylation sites (tertiary alicyclic amines) is 1. The van der Waals surface area contributed by atoms with Crippen molar-refractivity contribution in [3.63, 3.8) is 0 Å². The summed E-state index contributed by atoms with van der Waals surface area (Å²) in [4.78, 5) is 53.6. The number of nitrogens with one attached hydrogen (secondary N) is 2. The molecule has 0 aliphatic carbocycles. The molecule has 3 heterocycles. The molecular weight excluding hydrogens is 566 g/mol. The van der Waals surface area contributed by atoms with Crippen molar-refractivity contribution in [2.45, 2.75) is 57.2 Å². The van der Waals surface area contributed by atoms with Gasteiger partial charge in [0.15, 0.2) is 5.60 Å². The van der Waals surface area contributed by atoms with Gasteiger partial charge in [-0.1, -0.05) is 31.2 Å². The molecular formula is C32H39N5O7. The SMILES string of the molecule is C[C@@H](/C=C/CC(=O)N1CCC[C@H]1CO)[C@]1(O)C(=O)N(Cc2cccc(NC(=O)C3CCCNC3)c2)c2ccc([N+](=O)[O-])cc21. The molecule has 2 aromatic carbocycles. The zero-order valence-electron chi connectivity index (χ0n) is 24.8. The molecule has 0 bridgehead atoms. The highest BCUT2D eigenvalue weighted by molar-refractivity contribution is 6.07. The van der Waals surface area contributed by atoms with Crippen molar-refractivity contribution < 1.29 is 29.5 Å². The van der Waals surface area contributed by atoms with E-state index in [1.54, 1.807) is 48.2 Å². The number of hydrogen-bond acceptors (Lipinski definition) is 8. The smallest absolute Gasteiger partial charge is 0.269 e. The molecule has 0 spiro atoms. The van der Waals surface area contributed by atoms with Crippen molar-refractivity contribution in [2.75, 3.05) is 36.5 Å². The van der Waals surface area contributed by atoms with Crippen LogP contribution < -0.4 is 15.5 Å². The standard InChI is InChI=1S/C32H39N5O7/c1-21(6-2-11-29(39)35-15-5-10-26(35)20-38)32(42)27-17-25(37(43)44)12-13-28(27)36(31(32)41)19-22-7-3-9-24(16-22)34-30(40)23-8-4-14-33-18-23/h2-3,6-7,9,12-13,16-17,21,23,26,33,38,42H,4-5,8,10-11,14-15,18-20H2,1H3,(H,34,40)/b6-2+/t21-,23?,26-,32+/m0/s1. The predicted octanol–water partition coefficient (Wildman–Crippen LogP) is 2.83. The molecule has 4 atom stereocenters. The minimum absolute atomic E-state index is 0.0338. The molecule has 5 rings (SSSR count). The number of benzene rings is 2. The van der Waals surface area contributed by atoms with E-state index in [-0.39, 0.29) is 54.6 Å². The number of amides is 3. The van der Waals surface area contributed by atoms with E-state index in [1.165, 1.54) is 23.1 Å². The van der Waals surface area contributed by atoms with E-state index >= 15 is 0 Å². The zero-order valence-corrected chi connectivity index (χ0v) is 24.8. The highest BCUT2D eigenvalue weighted by atomic mass is 16.6. The first-order valence-electron chi connectivity index (χ1n) is 15.1. The molecule has 3 aliphatic rings. The van der Waals surface area contributed by atoms with E-state index in [2.05, 4.69) is 10.6 Å². The van der Waals surface area contributed by atoms with Crippen LogP contribution in [0.4, 0.5) is 17.1 Å². The fourth-order valence-electron chi connectivity index (χ4n) is 6.44. The number of carbonyl (C=O) groups excluding carboxylic acids is 3. The van der Waals surface area contributed by atoms with Crippen LogP contribution in [0.2, 0.25) is 0 Å². The van der Waals surface area contributed by atoms with Gasteiger partial charge in [0.25, 0.3) is 11.6 Å². The van der Waals surface area contributed by atoms with E-state index in [0.717, 1.165) is 32.2 Å². The van der Waals surface area contributed by atoms with Gasteiger partial charge in [-0.3, -0.25) is 24.5 Å². The Labute approximate surface area is 255 Å². The minimum atomic E-state index is -2.11. The van der Waals surface area contributed by atoms with Gasteiger partial charge in [-0.25, -0.2) is 0 Å². The van der Waals surface area contributed by atoms with Gasteiger partial charge in [-0.15, -0.1) is 0 Å². The first kappa shape index (κ1) is 31.3. The maximum absolute atomic E-state index is 14.0. The number of nitro benzene ring substituents is 1. The monoisotopic (exact) mass is 605 g/mol. The van der Waals surface area contributed by atoms with Crippen LogP contribution in [0.15, 0.2) is 54.6 Å². The average Bonchev–Trinajstić information content (AvgIpc) is 3.59. The van der Waals surface area contributed by atoms with Gasteiger partial charge in [0.05, 0.1) is 35.7 Å². The number of non-ortho nitro benzene ring substituents is 1. The summed E-state index contributed by atoms with van der Waals surface area (Å²) in [5, 5.41) is 39.3. The summed E-state index contributed by atoms with van der Waals surface area (Å²) in [6.07, 6.45) is 6.53. The van der Waals surface area contributed by atoms with Gasteiger partial charge >= 0.3 is 0 Å². The largest absolute Gasteiger partial charge is 0.394 e. The highest BCUT2D eigenvalue weighted by Crippen LogP contribution is 2.47. The minimum Gasteiger partial charge on any atom is -0.394 e. The van der Waals surface area contributed by atoms with E-state index in [1.807, 2.05) is 0 Å². The number of anilines is 2. The van der Waals surface area contributed by atoms with Gasteiger partial charge in [-0.2, -0.15) is 0 Å². The van der Waals surface area contributed by atoms with Crippen LogP contribution in [0.3, 0.4) is 0 Å². The van der Waals surface area contributed by atoms with Crippen LogP contribution in [0.25, 0.3) is 0 Å². The predicted molar refractivity (Wildman–Crippen MR) is 164 cm³/mol. The summed E-state index contributed by atoms with van der Waals surface area (Å²) in [6.45, 7) is 3.69. The quantitative estimate of drug-likeness (QED) is 0.182. The van der Waals surface area contributed by atoms with Gasteiger partial charge < -0.3 is 30.6 Å². The number of nitro groups is 1. The second kappa shape index (κ2) is 13.2. The molecule has 4 N–H and O–H groups in total. The molecule has 0 aromatic heterocycles. The number of rotatable bonds is 10. The van der Waals surface area contributed by atoms with Gasteiger partial charge in [-0.05, 0) is 56.0 Å². The van der Waals surface area contributed by atoms with Crippen LogP contribution in [0, 0.1) is 22.0 Å². The number of aliphatic hydroxyl groups excluding tert-OH is 1. The number of hydrogen-bond donors (Lipinski definition) is 4. The van der Waals surface area contributed by atoms with Gasteiger partial charge in [0, 0.05) is 48.8 Å². The molecule has 0 saturated carbocycles. The molecule has 2 aromatic rings. The number of nitrogens with zero attached hydrogens (tertiary/aromatic N) is 3. The van der Waals surface area contributed by atoms with Crippen molar-refractivity contribution in [2.24, 2.45) is 11.8 Å². The maximum atomic E-state index is 14.0. The van der Waals surface area contributed by atoms with Crippen LogP contribution in [-0.2, 0) is 26.5 Å². The second-order valence-corrected chi connectivity index (χ2v) is 11.8. The van der Waals surface area contributed by atoms with Gasteiger partial charge in [0.2, 0.25) is 11.8 Å². The lowest BCUT2D eigenvalue weighted by atomic mass is 9.82. The van der Waals surface area contributed by atoms with E-state index in [4.69, 9.17) is 0 Å². The molecule has 3 aliphatic heterocycles. The average molecular weight is 606 g/mol. The second-order valence-electron chi connectivity index (χ2n) is 11.8. The van der Waals surface area contributed by atoms with Gasteiger partial charge in [0.1, 0.15) is 0 Å². The fourth-order valence-corrected chi connectivity index (χ4v) is 6.44. The number of fused-ring (bicyclic) bond motifs is 1. The summed E-state index contributed by atoms with van der Waals surface area (Å²) >= 11 is 0. The first-order valence-corrected chi connectivity index (χ1v) is 15.1. The zero-order chi connectivity index (χ0) is 31.4. The molecule has 2 saturated heterocycles. The molecule has 1 unspecified atom stereocenters. The highest BCUT2D eigenvalue weighted by Gasteiger charge is 2.53. The van der Waals surface area contributed by atoms with Crippen LogP contribution in [0.5, 0.6) is 0 Å². The lowest BCUT2D eigenvalue weighted by molar-refractivity contribution is -0.385. The van der Waals surface area contributed by atoms with Crippen molar-refractivity contribution in [1.82, 2.24) is 10.2 Å². The summed E-state index contributed by atoms with van der Waals surface area (Å²) in [5.74, 6) is -1.82. The van der Waals surface area contributed by atoms with E-state index in [0.29, 0.717) is 30.0 Å². The Morgan fingerprint density at radius 3 is 2.77 bits per heavy atom. The molecule has 3 amide bonds. The lowest BCUT2D eigenvalue weighted by Gasteiger charge is -2.28. The van der Waals surface area contributed by atoms with Crippen LogP contribution in [-0.4, -0.2) is 70.0 Å². The van der Waals surface area contributed by atoms with Crippen LogP contribution in [0.1, 0.15) is 50.2 Å². The summed E-state index contributed by atoms with van der Waals surface area (Å²) in [6, 6.07) is 10.9. The molecule has 234 valence electrons. The molecule has 0 radical (unpaired) electrons. The normalized spacial score (nSPS) is 24.0. The Morgan fingerprint density at radius 1 is 1.23 bits per heavy atom. The number of carbonyl (C=O) groups is 3. The first-order chi connectivity index (χ1) is 21.1. The Morgan fingerprint density at radius 2 is 2.05 bits per heavy atom. The van der Waals surface area contributed by atoms with Crippen molar-refractivity contribution in [3.8, 4) is 0 Å². The topological polar surface area (TPSA) is 165 Å². The van der Waals surface area contributed by atoms with E-state index in [9.17, 15) is 34.7 Å². The summed E-state index contributed by atoms with van der Waals surface area (Å²) in [5.41, 5.74) is -0.605. The van der Waals surface area contributed by atoms with Crippen molar-refractivity contribution >= 4 is 34.8 Å². The number of piperidine rings is 1. The molecule has 44 heavy (non-hydrogen) atoms. The van der Waals surface area contributed by atoms with E-state index < -0.39 is 22.3 Å².